The lowest BCUT2D eigenvalue weighted by atomic mass is 10.2. The summed E-state index contributed by atoms with van der Waals surface area (Å²) in [5.74, 6) is 0.176. The summed E-state index contributed by atoms with van der Waals surface area (Å²) < 4.78 is 23.9. The van der Waals surface area contributed by atoms with Gasteiger partial charge in [0.25, 0.3) is 5.91 Å². The van der Waals surface area contributed by atoms with Crippen LogP contribution in [0.2, 0.25) is 0 Å². The molecule has 1 aliphatic rings. The molecule has 1 fully saturated rings. The summed E-state index contributed by atoms with van der Waals surface area (Å²) in [7, 11) is 3.07. The van der Waals surface area contributed by atoms with Gasteiger partial charge in [-0.1, -0.05) is 17.4 Å². The second kappa shape index (κ2) is 9.82. The van der Waals surface area contributed by atoms with Crippen molar-refractivity contribution >= 4 is 34.6 Å². The number of hydrogen-bond acceptors (Lipinski definition) is 7. The molecule has 0 unspecified atom stereocenters. The van der Waals surface area contributed by atoms with Crippen LogP contribution in [0.5, 0.6) is 11.5 Å². The Labute approximate surface area is 193 Å². The van der Waals surface area contributed by atoms with Gasteiger partial charge in [-0.15, -0.1) is 10.2 Å². The molecular formula is C22H22FN5O4S. The van der Waals surface area contributed by atoms with Crippen molar-refractivity contribution in [1.82, 2.24) is 15.1 Å². The maximum Gasteiger partial charge on any atom is 0.322 e. The predicted octanol–water partition coefficient (Wildman–Crippen LogP) is 4.32. The first-order valence-corrected chi connectivity index (χ1v) is 11.0. The smallest absolute Gasteiger partial charge is 0.322 e. The summed E-state index contributed by atoms with van der Waals surface area (Å²) in [6, 6.07) is 10.1. The summed E-state index contributed by atoms with van der Waals surface area (Å²) in [6.07, 6.45) is 1.50. The number of benzene rings is 2. The van der Waals surface area contributed by atoms with Crippen molar-refractivity contribution in [3.8, 4) is 11.5 Å². The minimum absolute atomic E-state index is 0.138. The zero-order valence-corrected chi connectivity index (χ0v) is 18.8. The van der Waals surface area contributed by atoms with E-state index in [4.69, 9.17) is 9.47 Å². The van der Waals surface area contributed by atoms with E-state index in [-0.39, 0.29) is 17.1 Å². The fourth-order valence-electron chi connectivity index (χ4n) is 3.55. The van der Waals surface area contributed by atoms with E-state index in [0.717, 1.165) is 17.8 Å². The summed E-state index contributed by atoms with van der Waals surface area (Å²) in [5, 5.41) is 14.3. The average Bonchev–Trinajstić information content (AvgIpc) is 3.48. The Kier molecular flexibility index (Phi) is 6.68. The molecule has 4 rings (SSSR count). The van der Waals surface area contributed by atoms with Gasteiger partial charge >= 0.3 is 6.03 Å². The number of rotatable bonds is 6. The maximum atomic E-state index is 13.4. The van der Waals surface area contributed by atoms with Gasteiger partial charge in [0.05, 0.1) is 20.3 Å². The van der Waals surface area contributed by atoms with Crippen LogP contribution in [0.1, 0.15) is 33.7 Å². The molecule has 9 nitrogen and oxygen atoms in total. The molecule has 1 atom stereocenters. The number of nitrogens with one attached hydrogen (secondary N) is 2. The van der Waals surface area contributed by atoms with Crippen molar-refractivity contribution in [2.75, 3.05) is 31.4 Å². The molecule has 11 heteroatoms. The fraction of sp³-hybridized carbons (Fsp3) is 0.273. The number of anilines is 2. The Bertz CT molecular complexity index is 1150. The van der Waals surface area contributed by atoms with Crippen LogP contribution in [0, 0.1) is 5.82 Å². The molecule has 2 N–H and O–H groups in total. The number of aromatic nitrogens is 2. The molecule has 1 aromatic heterocycles. The van der Waals surface area contributed by atoms with Gasteiger partial charge in [-0.2, -0.15) is 0 Å². The third kappa shape index (κ3) is 5.20. The molecule has 0 spiro atoms. The van der Waals surface area contributed by atoms with Gasteiger partial charge in [-0.3, -0.25) is 4.79 Å². The number of halogens is 1. The fourth-order valence-corrected chi connectivity index (χ4v) is 4.44. The summed E-state index contributed by atoms with van der Waals surface area (Å²) in [5.41, 5.74) is 0.863. The van der Waals surface area contributed by atoms with E-state index < -0.39 is 11.7 Å². The van der Waals surface area contributed by atoms with Gasteiger partial charge in [-0.25, -0.2) is 9.18 Å². The monoisotopic (exact) mass is 471 g/mol. The minimum atomic E-state index is -0.484. The third-order valence-electron chi connectivity index (χ3n) is 5.12. The highest BCUT2D eigenvalue weighted by molar-refractivity contribution is 7.13. The summed E-state index contributed by atoms with van der Waals surface area (Å²) in [6.45, 7) is 0.544. The highest BCUT2D eigenvalue weighted by atomic mass is 32.1. The molecule has 2 aromatic carbocycles. The molecule has 33 heavy (non-hydrogen) atoms. The number of carbonyl (C=O) groups is 2. The molecule has 1 saturated heterocycles. The van der Waals surface area contributed by atoms with Gasteiger partial charge in [-0.05, 0) is 31.0 Å². The standard InChI is InChI=1S/C22H22FN5O4S/c1-31-16-10-15(11-17(12-16)32-2)25-22(30)28-8-4-7-18(28)20-26-27-21(33-20)19(29)24-14-6-3-5-13(23)9-14/h3,5-6,9-12,18H,4,7-8H2,1-2H3,(H,24,29)(H,25,30)/t18-/m0/s1. The van der Waals surface area contributed by atoms with E-state index in [1.165, 1.54) is 32.4 Å². The molecule has 0 saturated carbocycles. The quantitative estimate of drug-likeness (QED) is 0.555. The maximum absolute atomic E-state index is 13.4. The van der Waals surface area contributed by atoms with Crippen LogP contribution in [0.3, 0.4) is 0 Å². The van der Waals surface area contributed by atoms with Crippen LogP contribution in [-0.4, -0.2) is 47.8 Å². The molecular weight excluding hydrogens is 449 g/mol. The first-order chi connectivity index (χ1) is 16.0. The highest BCUT2D eigenvalue weighted by Gasteiger charge is 2.33. The molecule has 1 aliphatic heterocycles. The van der Waals surface area contributed by atoms with Crippen molar-refractivity contribution < 1.29 is 23.5 Å². The molecule has 2 heterocycles. The van der Waals surface area contributed by atoms with Crippen molar-refractivity contribution in [3.63, 3.8) is 0 Å². The highest BCUT2D eigenvalue weighted by Crippen LogP contribution is 2.35. The van der Waals surface area contributed by atoms with Crippen LogP contribution in [-0.2, 0) is 0 Å². The van der Waals surface area contributed by atoms with Crippen molar-refractivity contribution in [2.45, 2.75) is 18.9 Å². The van der Waals surface area contributed by atoms with Crippen molar-refractivity contribution in [1.29, 1.82) is 0 Å². The molecule has 172 valence electrons. The van der Waals surface area contributed by atoms with E-state index in [9.17, 15) is 14.0 Å². The Morgan fingerprint density at radius 2 is 1.82 bits per heavy atom. The van der Waals surface area contributed by atoms with E-state index in [2.05, 4.69) is 20.8 Å². The number of methoxy groups -OCH3 is 2. The van der Waals surface area contributed by atoms with E-state index >= 15 is 0 Å². The molecule has 0 radical (unpaired) electrons. The Morgan fingerprint density at radius 1 is 1.06 bits per heavy atom. The van der Waals surface area contributed by atoms with Crippen LogP contribution >= 0.6 is 11.3 Å². The predicted molar refractivity (Wildman–Crippen MR) is 122 cm³/mol. The minimum Gasteiger partial charge on any atom is -0.497 e. The molecule has 3 aromatic rings. The third-order valence-corrected chi connectivity index (χ3v) is 6.14. The van der Waals surface area contributed by atoms with E-state index in [0.29, 0.717) is 40.8 Å². The molecule has 0 bridgehead atoms. The summed E-state index contributed by atoms with van der Waals surface area (Å²) >= 11 is 1.11. The number of carbonyl (C=O) groups excluding carboxylic acids is 2. The normalized spacial score (nSPS) is 15.2. The van der Waals surface area contributed by atoms with Gasteiger partial charge in [0.2, 0.25) is 5.01 Å². The topological polar surface area (TPSA) is 106 Å². The Hall–Kier alpha value is -3.73. The lowest BCUT2D eigenvalue weighted by Crippen LogP contribution is -2.34. The first-order valence-electron chi connectivity index (χ1n) is 10.2. The van der Waals surface area contributed by atoms with Crippen LogP contribution in [0.15, 0.2) is 42.5 Å². The van der Waals surface area contributed by atoms with Crippen LogP contribution < -0.4 is 20.1 Å². The van der Waals surface area contributed by atoms with Gasteiger partial charge in [0.15, 0.2) is 0 Å². The second-order valence-corrected chi connectivity index (χ2v) is 8.30. The Balaban J connectivity index is 1.46. The second-order valence-electron chi connectivity index (χ2n) is 7.29. The van der Waals surface area contributed by atoms with E-state index in [1.54, 1.807) is 29.2 Å². The van der Waals surface area contributed by atoms with Crippen LogP contribution in [0.25, 0.3) is 0 Å². The number of ether oxygens (including phenoxy) is 2. The van der Waals surface area contributed by atoms with E-state index in [1.807, 2.05) is 0 Å². The number of likely N-dealkylation sites (tertiary alicyclic amines) is 1. The zero-order valence-electron chi connectivity index (χ0n) is 18.0. The number of urea groups is 1. The van der Waals surface area contributed by atoms with Gasteiger partial charge in [0, 0.05) is 36.1 Å². The SMILES string of the molecule is COc1cc(NC(=O)N2CCC[C@H]2c2nnc(C(=O)Nc3cccc(F)c3)s2)cc(OC)c1. The van der Waals surface area contributed by atoms with Gasteiger partial charge in [0.1, 0.15) is 22.3 Å². The van der Waals surface area contributed by atoms with Crippen molar-refractivity contribution in [3.05, 3.63) is 58.3 Å². The number of amides is 3. The van der Waals surface area contributed by atoms with Crippen molar-refractivity contribution in [2.24, 2.45) is 0 Å². The molecule has 3 amide bonds. The summed E-state index contributed by atoms with van der Waals surface area (Å²) in [4.78, 5) is 27.1. The van der Waals surface area contributed by atoms with Gasteiger partial charge < -0.3 is 25.0 Å². The number of nitrogens with zero attached hydrogens (tertiary/aromatic N) is 3. The van der Waals surface area contributed by atoms with Crippen LogP contribution in [0.4, 0.5) is 20.6 Å². The number of hydrogen-bond donors (Lipinski definition) is 2. The lowest BCUT2D eigenvalue weighted by Gasteiger charge is -2.23. The largest absolute Gasteiger partial charge is 0.497 e. The zero-order chi connectivity index (χ0) is 23.4. The average molecular weight is 472 g/mol. The molecule has 0 aliphatic carbocycles. The Morgan fingerprint density at radius 3 is 2.52 bits per heavy atom. The first kappa shape index (κ1) is 22.5. The lowest BCUT2D eigenvalue weighted by molar-refractivity contribution is 0.102.